The zero-order chi connectivity index (χ0) is 73.1. The number of rotatable bonds is 16. The number of aromatic nitrogens is 7. The molecule has 0 spiro atoms. The number of aliphatic hydroxyl groups excluding tert-OH is 4. The number of ether oxygens (including phenoxy) is 2. The fourth-order valence-corrected chi connectivity index (χ4v) is 9.74. The van der Waals surface area contributed by atoms with Crippen LogP contribution in [-0.2, 0) is 69.8 Å². The van der Waals surface area contributed by atoms with Gasteiger partial charge in [0.1, 0.15) is 5.69 Å². The van der Waals surface area contributed by atoms with E-state index in [-0.39, 0.29) is 84.6 Å². The number of hydrogen-bond acceptors (Lipinski definition) is 14. The van der Waals surface area contributed by atoms with Gasteiger partial charge in [-0.25, -0.2) is 24.3 Å². The standard InChI is InChI=1S/3C23H14N3.C6H5NO2.C5H12O4.C5H12O2.3Ir/c3*1-24-20-14-8-13-19(15-20)21-16-25-22(17-9-4-2-5-10-17)23(26-21)18-11-6-3-7-12-18;8-6(9)5-3-1-2-4-7-5;1-8-4(6)3-5(7)9-2;1-4(6)3-5(2)7;;;/h3*2-9,11-16H;1-4H,(H,8,9);4-7H,3H2,1-2H3;4-7H,3H2,1-2H3;;;/q3*-1;;;;;;. The fraction of sp³-hybridized carbons (Fsp3) is 0.118. The third kappa shape index (κ3) is 26.6. The van der Waals surface area contributed by atoms with Gasteiger partial charge in [0, 0.05) is 123 Å². The van der Waals surface area contributed by atoms with E-state index in [0.717, 1.165) is 101 Å². The molecule has 4 heterocycles. The molecule has 18 nitrogen and oxygen atoms in total. The van der Waals surface area contributed by atoms with Crippen LogP contribution in [0.15, 0.2) is 280 Å². The van der Waals surface area contributed by atoms with Crippen LogP contribution >= 0.6 is 0 Å². The van der Waals surface area contributed by atoms with Gasteiger partial charge in [-0.1, -0.05) is 152 Å². The van der Waals surface area contributed by atoms with Gasteiger partial charge in [0.2, 0.25) is 0 Å². The number of pyridine rings is 1. The van der Waals surface area contributed by atoms with E-state index in [4.69, 9.17) is 60.2 Å². The third-order valence-electron chi connectivity index (χ3n) is 14.7. The van der Waals surface area contributed by atoms with Crippen molar-refractivity contribution >= 4 is 23.0 Å². The second-order valence-corrected chi connectivity index (χ2v) is 22.3. The van der Waals surface area contributed by atoms with E-state index in [9.17, 15) is 4.79 Å². The maximum atomic E-state index is 10.1. The molecule has 13 aromatic rings. The van der Waals surface area contributed by atoms with Crippen LogP contribution in [0.3, 0.4) is 0 Å². The van der Waals surface area contributed by atoms with Gasteiger partial charge in [-0.05, 0) is 84.0 Å². The minimum atomic E-state index is -0.990. The minimum Gasteiger partial charge on any atom is -0.477 e. The van der Waals surface area contributed by atoms with Crippen molar-refractivity contribution in [2.75, 3.05) is 14.2 Å². The zero-order valence-corrected chi connectivity index (χ0v) is 64.9. The molecule has 0 saturated heterocycles. The smallest absolute Gasteiger partial charge is 0.354 e. The number of benzene rings is 9. The summed E-state index contributed by atoms with van der Waals surface area (Å²) in [4.78, 5) is 52.9. The molecule has 0 aliphatic heterocycles. The summed E-state index contributed by atoms with van der Waals surface area (Å²) < 4.78 is 8.88. The molecule has 13 rings (SSSR count). The van der Waals surface area contributed by atoms with Crippen molar-refractivity contribution < 1.29 is 100 Å². The monoisotopic (exact) mass is 1940 g/mol. The van der Waals surface area contributed by atoms with Crippen LogP contribution in [0.2, 0.25) is 0 Å². The predicted octanol–water partition coefficient (Wildman–Crippen LogP) is 17.7. The van der Waals surface area contributed by atoms with Crippen molar-refractivity contribution in [1.29, 1.82) is 0 Å². The number of nitrogens with zero attached hydrogens (tertiary/aromatic N) is 10. The molecule has 106 heavy (non-hydrogen) atoms. The number of hydrogen-bond donors (Lipinski definition) is 5. The Hall–Kier alpha value is -11.0. The number of carboxylic acids is 1. The number of methoxy groups -OCH3 is 2. The summed E-state index contributed by atoms with van der Waals surface area (Å²) in [6.45, 7) is 25.0. The summed E-state index contributed by atoms with van der Waals surface area (Å²) in [5, 5.41) is 42.8. The van der Waals surface area contributed by atoms with Crippen LogP contribution in [-0.4, -0.2) is 105 Å². The number of aromatic carboxylic acids is 1. The van der Waals surface area contributed by atoms with Gasteiger partial charge in [0.05, 0.1) is 66.1 Å². The molecule has 21 heteroatoms. The molecule has 4 unspecified atom stereocenters. The van der Waals surface area contributed by atoms with Crippen LogP contribution in [0.25, 0.3) is 116 Å². The molecule has 9 aromatic carbocycles. The van der Waals surface area contributed by atoms with E-state index < -0.39 is 18.5 Å². The molecule has 4 aromatic heterocycles. The fourth-order valence-electron chi connectivity index (χ4n) is 9.74. The van der Waals surface area contributed by atoms with E-state index in [1.807, 2.05) is 218 Å². The van der Waals surface area contributed by atoms with Gasteiger partial charge in [0.25, 0.3) is 0 Å². The zero-order valence-electron chi connectivity index (χ0n) is 57.7. The second kappa shape index (κ2) is 46.0. The van der Waals surface area contributed by atoms with Crippen molar-refractivity contribution in [3.63, 3.8) is 0 Å². The van der Waals surface area contributed by atoms with E-state index in [1.54, 1.807) is 62.8 Å². The predicted molar refractivity (Wildman–Crippen MR) is 400 cm³/mol. The molecular formula is C85H71Ir3N10O8-3. The average molecular weight is 1940 g/mol. The van der Waals surface area contributed by atoms with Crippen molar-refractivity contribution in [3.8, 4) is 101 Å². The van der Waals surface area contributed by atoms with E-state index in [1.165, 1.54) is 26.5 Å². The number of aliphatic hydroxyl groups is 4. The summed E-state index contributed by atoms with van der Waals surface area (Å²) in [5.41, 5.74) is 17.2. The first kappa shape index (κ1) is 85.7. The normalized spacial score (nSPS) is 11.0. The Bertz CT molecular complexity index is 4470. The van der Waals surface area contributed by atoms with Crippen LogP contribution in [0.1, 0.15) is 37.2 Å². The van der Waals surface area contributed by atoms with Crippen LogP contribution in [0.4, 0.5) is 17.1 Å². The van der Waals surface area contributed by atoms with Crippen LogP contribution in [0.5, 0.6) is 0 Å². The summed E-state index contributed by atoms with van der Waals surface area (Å²) >= 11 is 0. The molecule has 0 aliphatic carbocycles. The molecule has 3 radical (unpaired) electrons. The van der Waals surface area contributed by atoms with Gasteiger partial charge in [-0.15, -0.1) is 108 Å². The Balaban J connectivity index is 0.000000243. The van der Waals surface area contributed by atoms with Crippen molar-refractivity contribution in [2.24, 2.45) is 0 Å². The molecule has 539 valence electrons. The van der Waals surface area contributed by atoms with Crippen molar-refractivity contribution in [2.45, 2.75) is 51.5 Å². The Labute approximate surface area is 657 Å². The molecular weight excluding hydrogens is 1870 g/mol. The second-order valence-electron chi connectivity index (χ2n) is 22.3. The first-order valence-corrected chi connectivity index (χ1v) is 32.2. The van der Waals surface area contributed by atoms with Gasteiger partial charge in [0.15, 0.2) is 29.6 Å². The van der Waals surface area contributed by atoms with Crippen molar-refractivity contribution in [1.82, 2.24) is 34.9 Å². The first-order chi connectivity index (χ1) is 50.2. The maximum absolute atomic E-state index is 10.1. The van der Waals surface area contributed by atoms with Gasteiger partial charge < -0.3 is 50.0 Å². The summed E-state index contributed by atoms with van der Waals surface area (Å²) in [7, 11) is 2.71. The molecule has 5 N–H and O–H groups in total. The Morgan fingerprint density at radius 3 is 0.925 bits per heavy atom. The topological polar surface area (TPSA) is 240 Å². The summed E-state index contributed by atoms with van der Waals surface area (Å²) in [5.74, 6) is -0.990. The SMILES string of the molecule is CC(O)CC(C)O.COC(O)CC(O)OC.O=C(O)c1ccccn1.[C-]#[N+]c1cccc(-c2cnc(-c3[c-]cccc3)c(-c3ccccc3)n2)c1.[C-]#[N+]c1cccc(-c2cnc(-c3[c-]cccc3)c(-c3ccccc3)n2)c1.[C-]#[N+]c1cccc(-c2cnc(-c3[c-]cccc3)c(-c3ccccc3)n2)c1.[Ir].[Ir].[Ir]. The molecule has 4 atom stereocenters. The van der Waals surface area contributed by atoms with E-state index >= 15 is 0 Å². The summed E-state index contributed by atoms with van der Waals surface area (Å²) in [6.07, 6.45) is 4.62. The Kier molecular flexibility index (Phi) is 37.2. The molecule has 0 saturated carbocycles. The molecule has 0 aliphatic rings. The number of carbonyl (C=O) groups is 1. The minimum absolute atomic E-state index is 0. The van der Waals surface area contributed by atoms with E-state index in [0.29, 0.717) is 23.5 Å². The number of carboxylic acid groups (broad SMARTS) is 1. The van der Waals surface area contributed by atoms with Gasteiger partial charge in [-0.2, -0.15) is 0 Å². The van der Waals surface area contributed by atoms with Crippen LogP contribution in [0, 0.1) is 37.9 Å². The molecule has 0 fully saturated rings. The van der Waals surface area contributed by atoms with Gasteiger partial charge in [-0.3, -0.25) is 15.0 Å². The van der Waals surface area contributed by atoms with E-state index in [2.05, 4.69) is 62.1 Å². The largest absolute Gasteiger partial charge is 0.477 e. The third-order valence-corrected chi connectivity index (χ3v) is 14.7. The van der Waals surface area contributed by atoms with Crippen LogP contribution < -0.4 is 0 Å². The quantitative estimate of drug-likeness (QED) is 0.0446. The first-order valence-electron chi connectivity index (χ1n) is 32.2. The average Bonchev–Trinajstić information content (AvgIpc) is 0.807. The molecule has 0 amide bonds. The Morgan fingerprint density at radius 2 is 0.689 bits per heavy atom. The maximum Gasteiger partial charge on any atom is 0.354 e. The van der Waals surface area contributed by atoms with Crippen molar-refractivity contribution in [3.05, 3.63) is 338 Å². The Morgan fingerprint density at radius 1 is 0.387 bits per heavy atom. The molecule has 0 bridgehead atoms. The van der Waals surface area contributed by atoms with Gasteiger partial charge >= 0.3 is 5.97 Å². The summed E-state index contributed by atoms with van der Waals surface area (Å²) in [6, 6.07) is 90.0.